The van der Waals surface area contributed by atoms with E-state index in [4.69, 9.17) is 4.74 Å². The van der Waals surface area contributed by atoms with Crippen LogP contribution in [0.3, 0.4) is 0 Å². The molecule has 0 unspecified atom stereocenters. The maximum atomic E-state index is 12.3. The molecule has 0 aromatic carbocycles. The number of nitrogens with zero attached hydrogens (tertiary/aromatic N) is 4. The third kappa shape index (κ3) is 6.24. The van der Waals surface area contributed by atoms with Crippen LogP contribution in [0, 0.1) is 0 Å². The van der Waals surface area contributed by atoms with Gasteiger partial charge in [0.1, 0.15) is 18.0 Å². The van der Waals surface area contributed by atoms with Gasteiger partial charge in [-0.15, -0.1) is 0 Å². The molecule has 0 atom stereocenters. The van der Waals surface area contributed by atoms with Crippen LogP contribution in [0.1, 0.15) is 26.3 Å². The summed E-state index contributed by atoms with van der Waals surface area (Å²) in [6.45, 7) is 7.09. The van der Waals surface area contributed by atoms with Gasteiger partial charge >= 0.3 is 6.09 Å². The highest BCUT2D eigenvalue weighted by molar-refractivity contribution is 7.98. The highest BCUT2D eigenvalue weighted by atomic mass is 32.2. The minimum Gasteiger partial charge on any atom is -0.444 e. The summed E-state index contributed by atoms with van der Waals surface area (Å²) in [5.74, 6) is 0.445. The van der Waals surface area contributed by atoms with Gasteiger partial charge in [-0.25, -0.2) is 14.8 Å². The zero-order valence-corrected chi connectivity index (χ0v) is 17.0. The quantitative estimate of drug-likeness (QED) is 0.544. The smallest absolute Gasteiger partial charge is 0.410 e. The van der Waals surface area contributed by atoms with E-state index in [1.807, 2.05) is 6.26 Å². The summed E-state index contributed by atoms with van der Waals surface area (Å²) in [4.78, 5) is 36.0. The molecular weight excluding hydrogens is 370 g/mol. The average molecular weight is 398 g/mol. The van der Waals surface area contributed by atoms with Crippen molar-refractivity contribution in [2.75, 3.05) is 44.3 Å². The monoisotopic (exact) mass is 397 g/mol. The van der Waals surface area contributed by atoms with E-state index in [2.05, 4.69) is 15.3 Å². The van der Waals surface area contributed by atoms with E-state index in [1.165, 1.54) is 16.7 Å². The third-order valence-corrected chi connectivity index (χ3v) is 4.40. The number of aliphatic hydroxyl groups is 1. The number of hydrogen-bond donors (Lipinski definition) is 2. The molecule has 0 aliphatic carbocycles. The van der Waals surface area contributed by atoms with E-state index < -0.39 is 11.7 Å². The Hall–Kier alpha value is -2.07. The van der Waals surface area contributed by atoms with E-state index >= 15 is 0 Å². The van der Waals surface area contributed by atoms with Crippen molar-refractivity contribution in [2.24, 2.45) is 0 Å². The maximum absolute atomic E-state index is 12.3. The van der Waals surface area contributed by atoms with Crippen molar-refractivity contribution in [3.8, 4) is 0 Å². The van der Waals surface area contributed by atoms with E-state index in [1.54, 1.807) is 31.9 Å². The van der Waals surface area contributed by atoms with Gasteiger partial charge in [0.15, 0.2) is 5.16 Å². The van der Waals surface area contributed by atoms with Crippen molar-refractivity contribution in [3.05, 3.63) is 11.8 Å². The van der Waals surface area contributed by atoms with Crippen LogP contribution in [-0.2, 0) is 16.1 Å². The van der Waals surface area contributed by atoms with Gasteiger partial charge in [-0.1, -0.05) is 11.8 Å². The molecule has 150 valence electrons. The number of amides is 2. The average Bonchev–Trinajstić information content (AvgIpc) is 2.61. The largest absolute Gasteiger partial charge is 0.444 e. The number of nitrogens with one attached hydrogen (secondary N) is 1. The normalized spacial score (nSPS) is 15.1. The first-order valence-electron chi connectivity index (χ1n) is 8.74. The molecule has 9 nitrogen and oxygen atoms in total. The molecule has 0 saturated carbocycles. The van der Waals surface area contributed by atoms with Crippen molar-refractivity contribution in [1.29, 1.82) is 0 Å². The maximum Gasteiger partial charge on any atom is 0.410 e. The standard InChI is InChI=1S/C17H27N5O4S/c1-17(2,3)26-16(25)22-8-7-21(13(24)10-22)6-5-18-14-12(11-23)9-19-15(20-14)27-4/h9,23H,5-8,10-11H2,1-4H3,(H,18,19,20). The number of anilines is 1. The molecule has 1 aromatic rings. The summed E-state index contributed by atoms with van der Waals surface area (Å²) in [5, 5.41) is 13.1. The Kier molecular flexibility index (Phi) is 7.25. The Morgan fingerprint density at radius 1 is 1.41 bits per heavy atom. The fraction of sp³-hybridized carbons (Fsp3) is 0.647. The number of carbonyl (C=O) groups excluding carboxylic acids is 2. The van der Waals surface area contributed by atoms with E-state index in [9.17, 15) is 14.7 Å². The molecule has 27 heavy (non-hydrogen) atoms. The zero-order chi connectivity index (χ0) is 20.0. The molecule has 2 amide bonds. The van der Waals surface area contributed by atoms with Gasteiger partial charge in [0.2, 0.25) is 5.91 Å². The molecule has 1 aliphatic heterocycles. The van der Waals surface area contributed by atoms with Gasteiger partial charge in [0.25, 0.3) is 0 Å². The molecule has 1 aromatic heterocycles. The molecule has 0 spiro atoms. The van der Waals surface area contributed by atoms with Gasteiger partial charge in [0, 0.05) is 37.9 Å². The first kappa shape index (κ1) is 21.2. The fourth-order valence-electron chi connectivity index (χ4n) is 2.49. The summed E-state index contributed by atoms with van der Waals surface area (Å²) in [6.07, 6.45) is 3.00. The molecule has 10 heteroatoms. The predicted octanol–water partition coefficient (Wildman–Crippen LogP) is 1.18. The Morgan fingerprint density at radius 3 is 2.74 bits per heavy atom. The molecule has 2 rings (SSSR count). The second kappa shape index (κ2) is 9.23. The number of aromatic nitrogens is 2. The Bertz CT molecular complexity index is 680. The summed E-state index contributed by atoms with van der Waals surface area (Å²) in [5.41, 5.74) is 0.0209. The lowest BCUT2D eigenvalue weighted by molar-refractivity contribution is -0.135. The number of carbonyl (C=O) groups is 2. The van der Waals surface area contributed by atoms with Crippen molar-refractivity contribution < 1.29 is 19.4 Å². The molecule has 1 fully saturated rings. The topological polar surface area (TPSA) is 108 Å². The SMILES string of the molecule is CSc1ncc(CO)c(NCCN2CCN(C(=O)OC(C)(C)C)CC2=O)n1. The molecule has 1 aliphatic rings. The van der Waals surface area contributed by atoms with Crippen LogP contribution in [0.4, 0.5) is 10.6 Å². The lowest BCUT2D eigenvalue weighted by Gasteiger charge is -2.35. The number of hydrogen-bond acceptors (Lipinski definition) is 8. The van der Waals surface area contributed by atoms with Gasteiger partial charge in [0.05, 0.1) is 6.61 Å². The number of thioether (sulfide) groups is 1. The molecule has 2 heterocycles. The van der Waals surface area contributed by atoms with Gasteiger partial charge in [-0.05, 0) is 27.0 Å². The molecule has 1 saturated heterocycles. The molecular formula is C17H27N5O4S. The van der Waals surface area contributed by atoms with Crippen LogP contribution in [0.5, 0.6) is 0 Å². The van der Waals surface area contributed by atoms with Gasteiger partial charge in [-0.2, -0.15) is 0 Å². The van der Waals surface area contributed by atoms with Crippen molar-refractivity contribution >= 4 is 29.6 Å². The van der Waals surface area contributed by atoms with Crippen LogP contribution in [-0.4, -0.2) is 81.5 Å². The summed E-state index contributed by atoms with van der Waals surface area (Å²) >= 11 is 1.41. The highest BCUT2D eigenvalue weighted by Crippen LogP contribution is 2.17. The summed E-state index contributed by atoms with van der Waals surface area (Å²) in [6, 6.07) is 0. The van der Waals surface area contributed by atoms with E-state index in [0.29, 0.717) is 42.7 Å². The highest BCUT2D eigenvalue weighted by Gasteiger charge is 2.29. The van der Waals surface area contributed by atoms with Crippen LogP contribution in [0.25, 0.3) is 0 Å². The van der Waals surface area contributed by atoms with Crippen LogP contribution >= 0.6 is 11.8 Å². The Balaban J connectivity index is 1.85. The molecule has 0 bridgehead atoms. The van der Waals surface area contributed by atoms with Gasteiger partial charge < -0.3 is 20.1 Å². The summed E-state index contributed by atoms with van der Waals surface area (Å²) in [7, 11) is 0. The first-order chi connectivity index (χ1) is 12.7. The lowest BCUT2D eigenvalue weighted by Crippen LogP contribution is -2.54. The number of piperazine rings is 1. The number of ether oxygens (including phenoxy) is 1. The van der Waals surface area contributed by atoms with Gasteiger partial charge in [-0.3, -0.25) is 9.69 Å². The Morgan fingerprint density at radius 2 is 2.15 bits per heavy atom. The molecule has 2 N–H and O–H groups in total. The second-order valence-electron chi connectivity index (χ2n) is 7.10. The van der Waals surface area contributed by atoms with Crippen molar-refractivity contribution in [2.45, 2.75) is 38.1 Å². The summed E-state index contributed by atoms with van der Waals surface area (Å²) < 4.78 is 5.31. The minimum absolute atomic E-state index is 0.0148. The molecule has 0 radical (unpaired) electrons. The minimum atomic E-state index is -0.585. The first-order valence-corrected chi connectivity index (χ1v) is 9.96. The lowest BCUT2D eigenvalue weighted by atomic mass is 10.2. The zero-order valence-electron chi connectivity index (χ0n) is 16.2. The fourth-order valence-corrected chi connectivity index (χ4v) is 2.83. The van der Waals surface area contributed by atoms with Crippen molar-refractivity contribution in [1.82, 2.24) is 19.8 Å². The van der Waals surface area contributed by atoms with E-state index in [0.717, 1.165) is 0 Å². The van der Waals surface area contributed by atoms with Crippen molar-refractivity contribution in [3.63, 3.8) is 0 Å². The second-order valence-corrected chi connectivity index (χ2v) is 7.87. The Labute approximate surface area is 163 Å². The predicted molar refractivity (Wildman–Crippen MR) is 103 cm³/mol. The third-order valence-electron chi connectivity index (χ3n) is 3.84. The number of rotatable bonds is 6. The van der Waals surface area contributed by atoms with Crippen LogP contribution in [0.15, 0.2) is 11.4 Å². The van der Waals surface area contributed by atoms with Crippen LogP contribution < -0.4 is 5.32 Å². The van der Waals surface area contributed by atoms with E-state index in [-0.39, 0.29) is 19.1 Å². The number of aliphatic hydroxyl groups excluding tert-OH is 1. The van der Waals surface area contributed by atoms with Crippen LogP contribution in [0.2, 0.25) is 0 Å².